The van der Waals surface area contributed by atoms with Crippen LogP contribution < -0.4 is 15.8 Å². The third kappa shape index (κ3) is 3.13. The molecule has 7 heteroatoms. The standard InChI is InChI=1S/C13H21ClN4O2/c1-2-17(10-4-3-5-15-8-10)11-9-16-18(6-7-19)13(20)12(11)14/h9-10,15,19H,2-8H2,1H3. The van der Waals surface area contributed by atoms with E-state index in [0.29, 0.717) is 11.7 Å². The summed E-state index contributed by atoms with van der Waals surface area (Å²) in [5.74, 6) is 0. The number of aliphatic hydroxyl groups excluding tert-OH is 1. The van der Waals surface area contributed by atoms with Gasteiger partial charge in [0.15, 0.2) is 0 Å². The van der Waals surface area contributed by atoms with Gasteiger partial charge >= 0.3 is 0 Å². The molecule has 1 atom stereocenters. The van der Waals surface area contributed by atoms with Gasteiger partial charge in [0.1, 0.15) is 5.02 Å². The Bertz CT molecular complexity index is 500. The zero-order chi connectivity index (χ0) is 14.5. The van der Waals surface area contributed by atoms with Crippen LogP contribution in [0.15, 0.2) is 11.0 Å². The van der Waals surface area contributed by atoms with Gasteiger partial charge in [-0.05, 0) is 26.3 Å². The quantitative estimate of drug-likeness (QED) is 0.827. The fourth-order valence-corrected chi connectivity index (χ4v) is 2.89. The van der Waals surface area contributed by atoms with Crippen LogP contribution in [0.5, 0.6) is 0 Å². The van der Waals surface area contributed by atoms with Crippen LogP contribution in [0.1, 0.15) is 19.8 Å². The van der Waals surface area contributed by atoms with Crippen LogP contribution >= 0.6 is 11.6 Å². The number of nitrogens with one attached hydrogen (secondary N) is 1. The first-order chi connectivity index (χ1) is 9.69. The molecule has 0 aromatic carbocycles. The Morgan fingerprint density at radius 3 is 3.05 bits per heavy atom. The molecule has 0 spiro atoms. The first-order valence-corrected chi connectivity index (χ1v) is 7.40. The predicted octanol–water partition coefficient (Wildman–Crippen LogP) is 0.467. The Labute approximate surface area is 123 Å². The molecule has 0 saturated carbocycles. The minimum atomic E-state index is -0.347. The summed E-state index contributed by atoms with van der Waals surface area (Å²) in [4.78, 5) is 14.2. The third-order valence-corrected chi connectivity index (χ3v) is 4.00. The van der Waals surface area contributed by atoms with Gasteiger partial charge in [-0.1, -0.05) is 11.6 Å². The number of hydrogen-bond acceptors (Lipinski definition) is 5. The van der Waals surface area contributed by atoms with Crippen molar-refractivity contribution in [2.45, 2.75) is 32.4 Å². The van der Waals surface area contributed by atoms with Gasteiger partial charge in [0, 0.05) is 19.1 Å². The lowest BCUT2D eigenvalue weighted by atomic mass is 10.1. The number of likely N-dealkylation sites (N-methyl/N-ethyl adjacent to an activating group) is 1. The van der Waals surface area contributed by atoms with Gasteiger partial charge in [-0.2, -0.15) is 5.10 Å². The highest BCUT2D eigenvalue weighted by Gasteiger charge is 2.23. The predicted molar refractivity (Wildman–Crippen MR) is 79.5 cm³/mol. The Morgan fingerprint density at radius 2 is 2.45 bits per heavy atom. The summed E-state index contributed by atoms with van der Waals surface area (Å²) in [6.45, 7) is 4.78. The molecule has 112 valence electrons. The van der Waals surface area contributed by atoms with Crippen molar-refractivity contribution in [2.75, 3.05) is 31.1 Å². The maximum Gasteiger partial charge on any atom is 0.287 e. The topological polar surface area (TPSA) is 70.4 Å². The average Bonchev–Trinajstić information content (AvgIpc) is 2.48. The third-order valence-electron chi connectivity index (χ3n) is 3.64. The molecule has 1 fully saturated rings. The molecule has 0 radical (unpaired) electrons. The number of hydrogen-bond donors (Lipinski definition) is 2. The van der Waals surface area contributed by atoms with Crippen LogP contribution in [-0.2, 0) is 6.54 Å². The highest BCUT2D eigenvalue weighted by molar-refractivity contribution is 6.33. The fraction of sp³-hybridized carbons (Fsp3) is 0.692. The molecule has 0 amide bonds. The molecular formula is C13H21ClN4O2. The first kappa shape index (κ1) is 15.3. The van der Waals surface area contributed by atoms with Crippen LogP contribution in [0.4, 0.5) is 5.69 Å². The van der Waals surface area contributed by atoms with Gasteiger partial charge in [-0.3, -0.25) is 4.79 Å². The molecule has 1 saturated heterocycles. The van der Waals surface area contributed by atoms with Crippen molar-refractivity contribution in [1.82, 2.24) is 15.1 Å². The van der Waals surface area contributed by atoms with Crippen LogP contribution in [0.2, 0.25) is 5.02 Å². The molecule has 2 N–H and O–H groups in total. The summed E-state index contributed by atoms with van der Waals surface area (Å²) in [6.07, 6.45) is 3.82. The number of nitrogens with zero attached hydrogens (tertiary/aromatic N) is 3. The molecule has 1 aromatic rings. The van der Waals surface area contributed by atoms with Gasteiger partial charge in [0.2, 0.25) is 0 Å². The molecule has 2 heterocycles. The summed E-state index contributed by atoms with van der Waals surface area (Å²) >= 11 is 6.21. The largest absolute Gasteiger partial charge is 0.394 e. The van der Waals surface area contributed by atoms with E-state index in [1.54, 1.807) is 6.20 Å². The smallest absolute Gasteiger partial charge is 0.287 e. The van der Waals surface area contributed by atoms with E-state index in [1.807, 2.05) is 6.92 Å². The van der Waals surface area contributed by atoms with E-state index in [-0.39, 0.29) is 23.7 Å². The summed E-state index contributed by atoms with van der Waals surface area (Å²) in [5.41, 5.74) is 0.336. The van der Waals surface area contributed by atoms with Crippen molar-refractivity contribution < 1.29 is 5.11 Å². The van der Waals surface area contributed by atoms with E-state index in [4.69, 9.17) is 16.7 Å². The maximum atomic E-state index is 12.1. The van der Waals surface area contributed by atoms with Crippen LogP contribution in [-0.4, -0.2) is 47.2 Å². The molecular weight excluding hydrogens is 280 g/mol. The zero-order valence-electron chi connectivity index (χ0n) is 11.7. The highest BCUT2D eigenvalue weighted by atomic mass is 35.5. The lowest BCUT2D eigenvalue weighted by Gasteiger charge is -2.35. The van der Waals surface area contributed by atoms with Crippen molar-refractivity contribution in [2.24, 2.45) is 0 Å². The molecule has 0 aliphatic carbocycles. The first-order valence-electron chi connectivity index (χ1n) is 7.02. The van der Waals surface area contributed by atoms with E-state index in [1.165, 1.54) is 4.68 Å². The van der Waals surface area contributed by atoms with Crippen LogP contribution in [0.25, 0.3) is 0 Å². The molecule has 1 unspecified atom stereocenters. The van der Waals surface area contributed by atoms with E-state index in [2.05, 4.69) is 15.3 Å². The highest BCUT2D eigenvalue weighted by Crippen LogP contribution is 2.25. The summed E-state index contributed by atoms with van der Waals surface area (Å²) in [7, 11) is 0. The molecule has 1 aliphatic heterocycles. The Hall–Kier alpha value is -1.11. The van der Waals surface area contributed by atoms with E-state index in [0.717, 1.165) is 32.5 Å². The van der Waals surface area contributed by atoms with Crippen molar-refractivity contribution >= 4 is 17.3 Å². The van der Waals surface area contributed by atoms with Gasteiger partial charge in [-0.15, -0.1) is 0 Å². The van der Waals surface area contributed by atoms with Crippen LogP contribution in [0, 0.1) is 0 Å². The van der Waals surface area contributed by atoms with Crippen molar-refractivity contribution in [1.29, 1.82) is 0 Å². The second kappa shape index (κ2) is 7.06. The Morgan fingerprint density at radius 1 is 1.65 bits per heavy atom. The monoisotopic (exact) mass is 300 g/mol. The molecule has 20 heavy (non-hydrogen) atoms. The number of halogens is 1. The van der Waals surface area contributed by atoms with Crippen LogP contribution in [0.3, 0.4) is 0 Å². The van der Waals surface area contributed by atoms with Gasteiger partial charge in [0.25, 0.3) is 5.56 Å². The van der Waals surface area contributed by atoms with Gasteiger partial charge < -0.3 is 15.3 Å². The number of piperidine rings is 1. The second-order valence-electron chi connectivity index (χ2n) is 4.88. The van der Waals surface area contributed by atoms with Gasteiger partial charge in [-0.25, -0.2) is 4.68 Å². The minimum Gasteiger partial charge on any atom is -0.394 e. The second-order valence-corrected chi connectivity index (χ2v) is 5.26. The van der Waals surface area contributed by atoms with Crippen molar-refractivity contribution in [3.05, 3.63) is 21.6 Å². The van der Waals surface area contributed by atoms with E-state index >= 15 is 0 Å². The summed E-state index contributed by atoms with van der Waals surface area (Å²) < 4.78 is 1.19. The normalized spacial score (nSPS) is 19.1. The molecule has 1 aliphatic rings. The maximum absolute atomic E-state index is 12.1. The van der Waals surface area contributed by atoms with Crippen molar-refractivity contribution in [3.8, 4) is 0 Å². The lowest BCUT2D eigenvalue weighted by molar-refractivity contribution is 0.266. The zero-order valence-corrected chi connectivity index (χ0v) is 12.4. The van der Waals surface area contributed by atoms with Crippen molar-refractivity contribution in [3.63, 3.8) is 0 Å². The fourth-order valence-electron chi connectivity index (χ4n) is 2.64. The van der Waals surface area contributed by atoms with Gasteiger partial charge in [0.05, 0.1) is 25.0 Å². The summed E-state index contributed by atoms with van der Waals surface area (Å²) in [5, 5.41) is 16.5. The number of aromatic nitrogens is 2. The van der Waals surface area contributed by atoms with E-state index in [9.17, 15) is 4.79 Å². The molecule has 6 nitrogen and oxygen atoms in total. The SMILES string of the molecule is CCN(c1cnn(CCO)c(=O)c1Cl)C1CCCNC1. The number of rotatable bonds is 5. The molecule has 1 aromatic heterocycles. The van der Waals surface area contributed by atoms with E-state index < -0.39 is 0 Å². The molecule has 0 bridgehead atoms. The minimum absolute atomic E-state index is 0.132. The lowest BCUT2D eigenvalue weighted by Crippen LogP contribution is -2.46. The Balaban J connectivity index is 2.30. The number of aliphatic hydroxyl groups is 1. The molecule has 2 rings (SSSR count). The number of anilines is 1. The average molecular weight is 301 g/mol. The summed E-state index contributed by atoms with van der Waals surface area (Å²) in [6, 6.07) is 0.334. The Kier molecular flexibility index (Phi) is 5.39.